The van der Waals surface area contributed by atoms with Crippen molar-refractivity contribution in [2.24, 2.45) is 0 Å². The van der Waals surface area contributed by atoms with Crippen LogP contribution >= 0.6 is 0 Å². The molecule has 0 atom stereocenters. The van der Waals surface area contributed by atoms with Gasteiger partial charge in [0.2, 0.25) is 0 Å². The minimum Gasteiger partial charge on any atom is -0.482 e. The lowest BCUT2D eigenvalue weighted by Gasteiger charge is -2.35. The van der Waals surface area contributed by atoms with Crippen LogP contribution in [0.2, 0.25) is 0 Å². The van der Waals surface area contributed by atoms with Gasteiger partial charge in [0.25, 0.3) is 5.56 Å². The average molecular weight is 306 g/mol. The number of pyridine rings is 1. The Morgan fingerprint density at radius 2 is 2.04 bits per heavy atom. The van der Waals surface area contributed by atoms with Crippen molar-refractivity contribution in [2.45, 2.75) is 19.4 Å². The van der Waals surface area contributed by atoms with Crippen molar-refractivity contribution in [1.29, 1.82) is 5.26 Å². The average Bonchev–Trinajstić information content (AvgIpc) is 2.53. The van der Waals surface area contributed by atoms with E-state index >= 15 is 0 Å². The summed E-state index contributed by atoms with van der Waals surface area (Å²) in [6, 6.07) is 11.8. The fraction of sp³-hybridized carbons (Fsp3) is 0.167. The first-order chi connectivity index (χ1) is 11.0. The van der Waals surface area contributed by atoms with E-state index in [0.717, 1.165) is 0 Å². The molecule has 1 aromatic heterocycles. The van der Waals surface area contributed by atoms with Crippen LogP contribution < -0.4 is 10.3 Å². The van der Waals surface area contributed by atoms with Crippen LogP contribution in [0.1, 0.15) is 25.0 Å². The molecule has 0 amide bonds. The summed E-state index contributed by atoms with van der Waals surface area (Å²) in [6.45, 7) is 3.54. The Morgan fingerprint density at radius 1 is 1.26 bits per heavy atom. The second kappa shape index (κ2) is 5.25. The van der Waals surface area contributed by atoms with Crippen molar-refractivity contribution in [3.8, 4) is 11.8 Å². The molecule has 0 radical (unpaired) electrons. The molecular weight excluding hydrogens is 292 g/mol. The number of rotatable bonds is 2. The first-order valence-corrected chi connectivity index (χ1v) is 7.09. The molecule has 114 valence electrons. The van der Waals surface area contributed by atoms with E-state index in [2.05, 4.69) is 6.07 Å². The smallest absolute Gasteiger partial charge is 0.255 e. The quantitative estimate of drug-likeness (QED) is 0.798. The Kier molecular flexibility index (Phi) is 3.38. The van der Waals surface area contributed by atoms with E-state index < -0.39 is 5.60 Å². The number of nitrogens with zero attached hydrogens (tertiary/aromatic N) is 2. The number of hydrogen-bond acceptors (Lipinski definition) is 4. The molecule has 0 aliphatic carbocycles. The Hall–Kier alpha value is -3.13. The second-order valence-electron chi connectivity index (χ2n) is 5.72. The van der Waals surface area contributed by atoms with Crippen molar-refractivity contribution >= 4 is 12.0 Å². The Balaban J connectivity index is 2.42. The number of benzene rings is 1. The Morgan fingerprint density at radius 3 is 2.70 bits per heavy atom. The van der Waals surface area contributed by atoms with Crippen LogP contribution in [-0.4, -0.2) is 16.5 Å². The minimum absolute atomic E-state index is 0.257. The van der Waals surface area contributed by atoms with E-state index in [4.69, 9.17) is 10.00 Å². The van der Waals surface area contributed by atoms with Crippen LogP contribution in [-0.2, 0) is 4.79 Å². The number of aromatic nitrogens is 1. The zero-order valence-electron chi connectivity index (χ0n) is 12.7. The van der Waals surface area contributed by atoms with Crippen molar-refractivity contribution in [2.75, 3.05) is 0 Å². The second-order valence-corrected chi connectivity index (χ2v) is 5.72. The van der Waals surface area contributed by atoms with Crippen LogP contribution in [0.25, 0.3) is 5.70 Å². The predicted octanol–water partition coefficient (Wildman–Crippen LogP) is 2.35. The molecule has 2 heterocycles. The van der Waals surface area contributed by atoms with Gasteiger partial charge in [-0.3, -0.25) is 14.2 Å². The fourth-order valence-corrected chi connectivity index (χ4v) is 2.70. The standard InChI is InChI=1S/C18H14N2O3/c1-18(2)14(11-21)17(20-8-4-3-5-16(20)22)13-9-12(10-19)6-7-15(13)23-18/h3-9,11H,1-2H3. The summed E-state index contributed by atoms with van der Waals surface area (Å²) in [5.74, 6) is 0.533. The van der Waals surface area contributed by atoms with Gasteiger partial charge in [0.1, 0.15) is 11.4 Å². The number of hydrogen-bond donors (Lipinski definition) is 0. The third-order valence-electron chi connectivity index (χ3n) is 3.81. The number of aldehydes is 1. The van der Waals surface area contributed by atoms with E-state index in [1.54, 1.807) is 50.4 Å². The number of carbonyl (C=O) groups excluding carboxylic acids is 1. The topological polar surface area (TPSA) is 72.1 Å². The molecule has 5 heteroatoms. The van der Waals surface area contributed by atoms with E-state index in [1.807, 2.05) is 0 Å². The van der Waals surface area contributed by atoms with Crippen LogP contribution in [0.3, 0.4) is 0 Å². The zero-order chi connectivity index (χ0) is 16.6. The lowest BCUT2D eigenvalue weighted by Crippen LogP contribution is -2.38. The predicted molar refractivity (Wildman–Crippen MR) is 84.9 cm³/mol. The molecule has 0 N–H and O–H groups in total. The molecule has 23 heavy (non-hydrogen) atoms. The highest BCUT2D eigenvalue weighted by molar-refractivity contribution is 5.93. The highest BCUT2D eigenvalue weighted by Crippen LogP contribution is 2.40. The van der Waals surface area contributed by atoms with E-state index in [1.165, 1.54) is 10.6 Å². The third-order valence-corrected chi connectivity index (χ3v) is 3.81. The van der Waals surface area contributed by atoms with Crippen molar-refractivity contribution in [3.05, 3.63) is 69.6 Å². The molecule has 0 saturated carbocycles. The molecule has 2 aromatic rings. The molecule has 0 spiro atoms. The first kappa shape index (κ1) is 14.8. The van der Waals surface area contributed by atoms with Gasteiger partial charge in [-0.05, 0) is 38.1 Å². The molecule has 1 aromatic carbocycles. The molecule has 5 nitrogen and oxygen atoms in total. The summed E-state index contributed by atoms with van der Waals surface area (Å²) in [4.78, 5) is 24.0. The highest BCUT2D eigenvalue weighted by Gasteiger charge is 2.36. The normalized spacial score (nSPS) is 15.3. The van der Waals surface area contributed by atoms with E-state index in [9.17, 15) is 9.59 Å². The highest BCUT2D eigenvalue weighted by atomic mass is 16.5. The van der Waals surface area contributed by atoms with Gasteiger partial charge in [-0.25, -0.2) is 0 Å². The Bertz CT molecular complexity index is 930. The number of carbonyl (C=O) groups is 1. The van der Waals surface area contributed by atoms with Gasteiger partial charge >= 0.3 is 0 Å². The molecule has 0 fully saturated rings. The van der Waals surface area contributed by atoms with Crippen molar-refractivity contribution in [1.82, 2.24) is 4.57 Å². The molecular formula is C18H14N2O3. The molecule has 0 saturated heterocycles. The summed E-state index contributed by atoms with van der Waals surface area (Å²) in [7, 11) is 0. The summed E-state index contributed by atoms with van der Waals surface area (Å²) < 4.78 is 7.31. The van der Waals surface area contributed by atoms with Gasteiger partial charge in [-0.2, -0.15) is 5.26 Å². The van der Waals surface area contributed by atoms with Crippen LogP contribution in [0, 0.1) is 11.3 Å². The minimum atomic E-state index is -0.881. The van der Waals surface area contributed by atoms with Crippen LogP contribution in [0.15, 0.2) is 53.0 Å². The van der Waals surface area contributed by atoms with Gasteiger partial charge in [-0.1, -0.05) is 6.07 Å². The van der Waals surface area contributed by atoms with Crippen LogP contribution in [0.4, 0.5) is 0 Å². The van der Waals surface area contributed by atoms with E-state index in [0.29, 0.717) is 34.4 Å². The van der Waals surface area contributed by atoms with Gasteiger partial charge in [-0.15, -0.1) is 0 Å². The summed E-state index contributed by atoms with van der Waals surface area (Å²) in [5, 5.41) is 9.13. The van der Waals surface area contributed by atoms with Crippen molar-refractivity contribution in [3.63, 3.8) is 0 Å². The van der Waals surface area contributed by atoms with Crippen molar-refractivity contribution < 1.29 is 9.53 Å². The maximum atomic E-state index is 12.3. The van der Waals surface area contributed by atoms with Crippen LogP contribution in [0.5, 0.6) is 5.75 Å². The van der Waals surface area contributed by atoms with Gasteiger partial charge in [0.05, 0.1) is 22.9 Å². The van der Waals surface area contributed by atoms with Gasteiger partial charge < -0.3 is 4.74 Å². The van der Waals surface area contributed by atoms with Gasteiger partial charge in [0, 0.05) is 17.8 Å². The fourth-order valence-electron chi connectivity index (χ4n) is 2.70. The largest absolute Gasteiger partial charge is 0.482 e. The third kappa shape index (κ3) is 2.34. The molecule has 1 aliphatic rings. The SMILES string of the molecule is CC1(C)Oc2ccc(C#N)cc2C(n2ccccc2=O)=C1C=O. The van der Waals surface area contributed by atoms with E-state index in [-0.39, 0.29) is 5.56 Å². The number of nitriles is 1. The molecule has 0 bridgehead atoms. The molecule has 1 aliphatic heterocycles. The number of ether oxygens (including phenoxy) is 1. The zero-order valence-corrected chi connectivity index (χ0v) is 12.7. The summed E-state index contributed by atoms with van der Waals surface area (Å²) in [6.07, 6.45) is 2.31. The van der Waals surface area contributed by atoms with Gasteiger partial charge in [0.15, 0.2) is 6.29 Å². The summed E-state index contributed by atoms with van der Waals surface area (Å²) >= 11 is 0. The molecule has 3 rings (SSSR count). The summed E-state index contributed by atoms with van der Waals surface area (Å²) in [5.41, 5.74) is 0.654. The molecule has 0 unspecified atom stereocenters. The first-order valence-electron chi connectivity index (χ1n) is 7.09. The monoisotopic (exact) mass is 306 g/mol. The maximum absolute atomic E-state index is 12.3. The maximum Gasteiger partial charge on any atom is 0.255 e. The lowest BCUT2D eigenvalue weighted by atomic mass is 9.89. The lowest BCUT2D eigenvalue weighted by molar-refractivity contribution is -0.106. The Labute approximate surface area is 133 Å². The number of fused-ring (bicyclic) bond motifs is 1.